The minimum absolute atomic E-state index is 0.0382. The fraction of sp³-hybridized carbons (Fsp3) is 0.118. The Kier molecular flexibility index (Phi) is 4.47. The molecule has 1 heterocycles. The summed E-state index contributed by atoms with van der Waals surface area (Å²) in [5.74, 6) is 0.684. The van der Waals surface area contributed by atoms with Gasteiger partial charge < -0.3 is 14.9 Å². The number of nitrogens with two attached hydrogens (primary N) is 1. The summed E-state index contributed by atoms with van der Waals surface area (Å²) in [5, 5.41) is 0.257. The molecule has 0 unspecified atom stereocenters. The van der Waals surface area contributed by atoms with E-state index in [2.05, 4.69) is 4.72 Å². The molecular weight excluding hydrogens is 344 g/mol. The fourth-order valence-electron chi connectivity index (χ4n) is 2.32. The average Bonchev–Trinajstić information content (AvgIpc) is 2.56. The standard InChI is InChI=1S/C17H16N2O5S/c1-25(21,22)19-14-8-15-13(17(20)11(9-18)10-23-15)7-16(14)24-12-5-3-2-4-6-12/h2-8,10,19H,9,18H2,1H3. The van der Waals surface area contributed by atoms with E-state index < -0.39 is 10.0 Å². The largest absolute Gasteiger partial charge is 0.464 e. The third-order valence-corrected chi connectivity index (χ3v) is 4.02. The highest BCUT2D eigenvalue weighted by Crippen LogP contribution is 2.33. The number of ether oxygens (including phenoxy) is 1. The smallest absolute Gasteiger partial charge is 0.229 e. The molecule has 0 aliphatic heterocycles. The molecular formula is C17H16N2O5S. The number of fused-ring (bicyclic) bond motifs is 1. The van der Waals surface area contributed by atoms with E-state index in [-0.39, 0.29) is 34.4 Å². The first-order chi connectivity index (χ1) is 11.9. The number of hydrogen-bond acceptors (Lipinski definition) is 6. The Balaban J connectivity index is 2.20. The highest BCUT2D eigenvalue weighted by molar-refractivity contribution is 7.92. The number of anilines is 1. The lowest BCUT2D eigenvalue weighted by Crippen LogP contribution is -2.14. The van der Waals surface area contributed by atoms with Gasteiger partial charge >= 0.3 is 0 Å². The molecule has 0 bridgehead atoms. The molecule has 7 nitrogen and oxygen atoms in total. The molecule has 1 aromatic heterocycles. The maximum Gasteiger partial charge on any atom is 0.229 e. The van der Waals surface area contributed by atoms with Crippen LogP contribution in [0.1, 0.15) is 5.56 Å². The van der Waals surface area contributed by atoms with Crippen LogP contribution in [-0.4, -0.2) is 14.7 Å². The molecule has 3 aromatic rings. The van der Waals surface area contributed by atoms with Crippen molar-refractivity contribution in [2.45, 2.75) is 6.54 Å². The van der Waals surface area contributed by atoms with E-state index in [4.69, 9.17) is 14.9 Å². The molecule has 0 atom stereocenters. The molecule has 2 aromatic carbocycles. The van der Waals surface area contributed by atoms with E-state index in [0.717, 1.165) is 6.26 Å². The summed E-state index contributed by atoms with van der Waals surface area (Å²) >= 11 is 0. The Morgan fingerprint density at radius 3 is 2.56 bits per heavy atom. The molecule has 25 heavy (non-hydrogen) atoms. The fourth-order valence-corrected chi connectivity index (χ4v) is 2.88. The van der Waals surface area contributed by atoms with E-state index in [1.807, 2.05) is 6.07 Å². The summed E-state index contributed by atoms with van der Waals surface area (Å²) < 4.78 is 36.8. The number of sulfonamides is 1. The Morgan fingerprint density at radius 2 is 1.92 bits per heavy atom. The first-order valence-corrected chi connectivity index (χ1v) is 9.26. The molecule has 0 saturated heterocycles. The summed E-state index contributed by atoms with van der Waals surface area (Å²) in [6, 6.07) is 11.7. The summed E-state index contributed by atoms with van der Waals surface area (Å²) in [5.41, 5.74) is 5.97. The normalized spacial score (nSPS) is 11.4. The van der Waals surface area contributed by atoms with Crippen LogP contribution in [0, 0.1) is 0 Å². The second-order valence-corrected chi connectivity index (χ2v) is 7.18. The monoisotopic (exact) mass is 360 g/mol. The van der Waals surface area contributed by atoms with Gasteiger partial charge in [-0.2, -0.15) is 0 Å². The highest BCUT2D eigenvalue weighted by atomic mass is 32.2. The minimum atomic E-state index is -3.55. The van der Waals surface area contributed by atoms with Crippen molar-refractivity contribution < 1.29 is 17.6 Å². The van der Waals surface area contributed by atoms with Crippen LogP contribution in [0.3, 0.4) is 0 Å². The summed E-state index contributed by atoms with van der Waals surface area (Å²) in [6.07, 6.45) is 2.30. The van der Waals surface area contributed by atoms with Crippen LogP contribution >= 0.6 is 0 Å². The third kappa shape index (κ3) is 3.81. The maximum absolute atomic E-state index is 12.4. The van der Waals surface area contributed by atoms with E-state index in [1.165, 1.54) is 18.4 Å². The number of hydrogen-bond donors (Lipinski definition) is 2. The van der Waals surface area contributed by atoms with Crippen molar-refractivity contribution >= 4 is 26.7 Å². The molecule has 3 N–H and O–H groups in total. The van der Waals surface area contributed by atoms with Gasteiger partial charge in [0.15, 0.2) is 11.2 Å². The average molecular weight is 360 g/mol. The van der Waals surface area contributed by atoms with Gasteiger partial charge in [0.05, 0.1) is 23.6 Å². The van der Waals surface area contributed by atoms with Gasteiger partial charge in [-0.15, -0.1) is 0 Å². The number of rotatable bonds is 5. The van der Waals surface area contributed by atoms with Gasteiger partial charge in [-0.05, 0) is 18.2 Å². The van der Waals surface area contributed by atoms with Crippen LogP contribution in [-0.2, 0) is 16.6 Å². The van der Waals surface area contributed by atoms with Crippen LogP contribution in [0.5, 0.6) is 11.5 Å². The molecule has 0 amide bonds. The zero-order valence-electron chi connectivity index (χ0n) is 13.4. The molecule has 0 spiro atoms. The molecule has 130 valence electrons. The first-order valence-electron chi connectivity index (χ1n) is 7.36. The van der Waals surface area contributed by atoms with Crippen LogP contribution < -0.4 is 20.6 Å². The minimum Gasteiger partial charge on any atom is -0.464 e. The molecule has 0 saturated carbocycles. The summed E-state index contributed by atoms with van der Waals surface area (Å²) in [4.78, 5) is 12.4. The van der Waals surface area contributed by atoms with Crippen molar-refractivity contribution in [2.75, 3.05) is 11.0 Å². The van der Waals surface area contributed by atoms with E-state index >= 15 is 0 Å². The van der Waals surface area contributed by atoms with Crippen molar-refractivity contribution in [3.8, 4) is 11.5 Å². The van der Waals surface area contributed by atoms with Gasteiger partial charge in [0.1, 0.15) is 11.3 Å². The highest BCUT2D eigenvalue weighted by Gasteiger charge is 2.15. The summed E-state index contributed by atoms with van der Waals surface area (Å²) in [7, 11) is -3.55. The van der Waals surface area contributed by atoms with Gasteiger partial charge in [-0.3, -0.25) is 9.52 Å². The van der Waals surface area contributed by atoms with Gasteiger partial charge in [0.2, 0.25) is 10.0 Å². The van der Waals surface area contributed by atoms with Gasteiger partial charge in [-0.1, -0.05) is 18.2 Å². The van der Waals surface area contributed by atoms with E-state index in [9.17, 15) is 13.2 Å². The number of para-hydroxylation sites is 1. The van der Waals surface area contributed by atoms with E-state index in [0.29, 0.717) is 11.3 Å². The molecule has 3 rings (SSSR count). The van der Waals surface area contributed by atoms with Crippen LogP contribution in [0.25, 0.3) is 11.0 Å². The SMILES string of the molecule is CS(=O)(=O)Nc1cc2occ(CN)c(=O)c2cc1Oc1ccccc1. The van der Waals surface area contributed by atoms with Crippen LogP contribution in [0.4, 0.5) is 5.69 Å². The van der Waals surface area contributed by atoms with Crippen LogP contribution in [0.2, 0.25) is 0 Å². The van der Waals surface area contributed by atoms with Crippen molar-refractivity contribution in [2.24, 2.45) is 5.73 Å². The van der Waals surface area contributed by atoms with Gasteiger partial charge in [0.25, 0.3) is 0 Å². The lowest BCUT2D eigenvalue weighted by atomic mass is 10.1. The second kappa shape index (κ2) is 6.58. The molecule has 0 radical (unpaired) electrons. The lowest BCUT2D eigenvalue weighted by molar-refractivity contribution is 0.485. The van der Waals surface area contributed by atoms with Crippen molar-refractivity contribution in [1.29, 1.82) is 0 Å². The lowest BCUT2D eigenvalue weighted by Gasteiger charge is -2.13. The topological polar surface area (TPSA) is 112 Å². The van der Waals surface area contributed by atoms with E-state index in [1.54, 1.807) is 24.3 Å². The predicted octanol–water partition coefficient (Wildman–Crippen LogP) is 2.42. The Labute approximate surface area is 144 Å². The van der Waals surface area contributed by atoms with Crippen LogP contribution in [0.15, 0.2) is 57.9 Å². The number of benzene rings is 2. The van der Waals surface area contributed by atoms with Gasteiger partial charge in [0, 0.05) is 18.2 Å². The van der Waals surface area contributed by atoms with Crippen molar-refractivity contribution in [1.82, 2.24) is 0 Å². The molecule has 0 fully saturated rings. The first kappa shape index (κ1) is 17.0. The Morgan fingerprint density at radius 1 is 1.20 bits per heavy atom. The Hall–Kier alpha value is -2.84. The maximum atomic E-state index is 12.4. The quantitative estimate of drug-likeness (QED) is 0.723. The third-order valence-electron chi connectivity index (χ3n) is 3.43. The second-order valence-electron chi connectivity index (χ2n) is 5.43. The summed E-state index contributed by atoms with van der Waals surface area (Å²) in [6.45, 7) is 0.0382. The number of nitrogens with one attached hydrogen (secondary N) is 1. The molecule has 8 heteroatoms. The molecule has 0 aliphatic carbocycles. The van der Waals surface area contributed by atoms with Crippen molar-refractivity contribution in [3.63, 3.8) is 0 Å². The predicted molar refractivity (Wildman–Crippen MR) is 95.4 cm³/mol. The zero-order chi connectivity index (χ0) is 18.0. The zero-order valence-corrected chi connectivity index (χ0v) is 14.2. The Bertz CT molecular complexity index is 1080. The molecule has 0 aliphatic rings. The van der Waals surface area contributed by atoms with Crippen molar-refractivity contribution in [3.05, 3.63) is 64.5 Å². The van der Waals surface area contributed by atoms with Gasteiger partial charge in [-0.25, -0.2) is 8.42 Å².